The number of anilines is 1. The van der Waals surface area contributed by atoms with Crippen molar-refractivity contribution in [1.29, 1.82) is 5.41 Å². The highest BCUT2D eigenvalue weighted by Gasteiger charge is 2.35. The van der Waals surface area contributed by atoms with Crippen molar-refractivity contribution in [2.75, 3.05) is 12.4 Å². The summed E-state index contributed by atoms with van der Waals surface area (Å²) < 4.78 is 13.9. The number of nitrogens with two attached hydrogens (primary N) is 1. The number of benzene rings is 1. The third-order valence-electron chi connectivity index (χ3n) is 4.69. The minimum atomic E-state index is -0.351. The SMILES string of the molecule is CN[C@H]1CC[C@H](N2C(=N)/C(=C\N)N=C2Nc2ccccc2F)CC1. The van der Waals surface area contributed by atoms with E-state index in [1.54, 1.807) is 18.2 Å². The van der Waals surface area contributed by atoms with E-state index >= 15 is 0 Å². The molecule has 0 atom stereocenters. The maximum atomic E-state index is 13.9. The molecule has 1 heterocycles. The number of guanidine groups is 1. The summed E-state index contributed by atoms with van der Waals surface area (Å²) in [5, 5.41) is 14.7. The van der Waals surface area contributed by atoms with Gasteiger partial charge in [-0.05, 0) is 44.9 Å². The molecule has 1 aromatic rings. The minimum Gasteiger partial charge on any atom is -0.403 e. The molecule has 1 aliphatic carbocycles. The van der Waals surface area contributed by atoms with Crippen LogP contribution in [0.25, 0.3) is 0 Å². The molecular weight excluding hydrogens is 307 g/mol. The van der Waals surface area contributed by atoms with Gasteiger partial charge in [-0.2, -0.15) is 0 Å². The molecule has 6 nitrogen and oxygen atoms in total. The monoisotopic (exact) mass is 330 g/mol. The molecule has 0 unspecified atom stereocenters. The molecule has 0 radical (unpaired) electrons. The lowest BCUT2D eigenvalue weighted by atomic mass is 9.90. The maximum Gasteiger partial charge on any atom is 0.210 e. The van der Waals surface area contributed by atoms with E-state index in [1.807, 2.05) is 11.9 Å². The summed E-state index contributed by atoms with van der Waals surface area (Å²) in [6.07, 6.45) is 5.30. The summed E-state index contributed by atoms with van der Waals surface area (Å²) in [7, 11) is 1.98. The summed E-state index contributed by atoms with van der Waals surface area (Å²) in [6.45, 7) is 0. The number of hydrogen-bond donors (Lipinski definition) is 4. The van der Waals surface area contributed by atoms with Crippen LogP contribution in [0.3, 0.4) is 0 Å². The van der Waals surface area contributed by atoms with Gasteiger partial charge in [0.15, 0.2) is 5.84 Å². The van der Waals surface area contributed by atoms with Crippen LogP contribution in [0.2, 0.25) is 0 Å². The van der Waals surface area contributed by atoms with Gasteiger partial charge in [0.1, 0.15) is 11.5 Å². The van der Waals surface area contributed by atoms with Crippen LogP contribution in [-0.4, -0.2) is 35.8 Å². The van der Waals surface area contributed by atoms with E-state index in [2.05, 4.69) is 15.6 Å². The molecule has 0 amide bonds. The Morgan fingerprint density at radius 1 is 1.29 bits per heavy atom. The number of nitrogens with zero attached hydrogens (tertiary/aromatic N) is 2. The molecule has 5 N–H and O–H groups in total. The first-order valence-electron chi connectivity index (χ1n) is 8.21. The van der Waals surface area contributed by atoms with E-state index in [1.165, 1.54) is 12.3 Å². The van der Waals surface area contributed by atoms with Crippen LogP contribution in [0, 0.1) is 11.2 Å². The van der Waals surface area contributed by atoms with Crippen LogP contribution in [0.15, 0.2) is 41.2 Å². The molecule has 3 rings (SSSR count). The molecule has 1 fully saturated rings. The summed E-state index contributed by atoms with van der Waals surface area (Å²) in [5.41, 5.74) is 6.35. The average molecular weight is 330 g/mol. The summed E-state index contributed by atoms with van der Waals surface area (Å²) in [5.74, 6) is 0.384. The Kier molecular flexibility index (Phi) is 4.80. The van der Waals surface area contributed by atoms with E-state index in [-0.39, 0.29) is 17.7 Å². The summed E-state index contributed by atoms with van der Waals surface area (Å²) in [4.78, 5) is 6.22. The van der Waals surface area contributed by atoms with Gasteiger partial charge in [-0.1, -0.05) is 12.1 Å². The van der Waals surface area contributed by atoms with Crippen molar-refractivity contribution >= 4 is 17.5 Å². The molecule has 0 bridgehead atoms. The van der Waals surface area contributed by atoms with Crippen molar-refractivity contribution in [3.63, 3.8) is 0 Å². The summed E-state index contributed by atoms with van der Waals surface area (Å²) in [6, 6.07) is 7.13. The number of halogens is 1. The normalized spacial score (nSPS) is 25.9. The highest BCUT2D eigenvalue weighted by atomic mass is 19.1. The van der Waals surface area contributed by atoms with Crippen LogP contribution >= 0.6 is 0 Å². The van der Waals surface area contributed by atoms with Crippen LogP contribution in [-0.2, 0) is 0 Å². The Labute approximate surface area is 141 Å². The number of amidine groups is 1. The lowest BCUT2D eigenvalue weighted by molar-refractivity contribution is 0.281. The fraction of sp³-hybridized carbons (Fsp3) is 0.412. The Balaban J connectivity index is 1.82. The van der Waals surface area contributed by atoms with Crippen molar-refractivity contribution in [3.05, 3.63) is 42.0 Å². The van der Waals surface area contributed by atoms with Crippen molar-refractivity contribution in [3.8, 4) is 0 Å². The second-order valence-electron chi connectivity index (χ2n) is 6.10. The number of rotatable bonds is 3. The molecule has 1 aromatic carbocycles. The first kappa shape index (κ1) is 16.4. The van der Waals surface area contributed by atoms with Crippen molar-refractivity contribution in [2.24, 2.45) is 10.7 Å². The van der Waals surface area contributed by atoms with Crippen LogP contribution in [0.1, 0.15) is 25.7 Å². The lowest BCUT2D eigenvalue weighted by Crippen LogP contribution is -2.47. The Bertz CT molecular complexity index is 675. The third kappa shape index (κ3) is 3.12. The van der Waals surface area contributed by atoms with Crippen molar-refractivity contribution < 1.29 is 4.39 Å². The molecule has 0 aromatic heterocycles. The smallest absolute Gasteiger partial charge is 0.210 e. The number of nitrogens with one attached hydrogen (secondary N) is 3. The molecule has 7 heteroatoms. The van der Waals surface area contributed by atoms with Crippen LogP contribution < -0.4 is 16.4 Å². The maximum absolute atomic E-state index is 13.9. The number of aliphatic imine (C=N–C) groups is 1. The zero-order valence-corrected chi connectivity index (χ0v) is 13.7. The standard InChI is InChI=1S/C17H23FN6/c1-21-11-6-8-12(9-7-11)24-16(20)15(10-19)23-17(24)22-14-5-3-2-4-13(14)18/h2-5,10-12,20-21H,6-9,19H2,1H3,(H,22,23)/b15-10+,20-16?/t11-,12-. The largest absolute Gasteiger partial charge is 0.403 e. The average Bonchev–Trinajstić information content (AvgIpc) is 2.92. The van der Waals surface area contributed by atoms with Gasteiger partial charge < -0.3 is 16.4 Å². The van der Waals surface area contributed by atoms with Gasteiger partial charge in [0.2, 0.25) is 5.96 Å². The number of hydrogen-bond acceptors (Lipinski definition) is 5. The van der Waals surface area contributed by atoms with E-state index < -0.39 is 0 Å². The second-order valence-corrected chi connectivity index (χ2v) is 6.10. The van der Waals surface area contributed by atoms with Gasteiger partial charge >= 0.3 is 0 Å². The lowest BCUT2D eigenvalue weighted by Gasteiger charge is -2.35. The molecule has 1 saturated carbocycles. The molecule has 1 aliphatic heterocycles. The highest BCUT2D eigenvalue weighted by molar-refractivity contribution is 6.17. The van der Waals surface area contributed by atoms with E-state index in [4.69, 9.17) is 11.1 Å². The zero-order valence-electron chi connectivity index (χ0n) is 13.7. The highest BCUT2D eigenvalue weighted by Crippen LogP contribution is 2.28. The van der Waals surface area contributed by atoms with Crippen molar-refractivity contribution in [1.82, 2.24) is 10.2 Å². The predicted octanol–water partition coefficient (Wildman–Crippen LogP) is 2.22. The first-order valence-corrected chi connectivity index (χ1v) is 8.21. The quantitative estimate of drug-likeness (QED) is 0.684. The molecule has 0 spiro atoms. The molecule has 128 valence electrons. The van der Waals surface area contributed by atoms with Crippen LogP contribution in [0.4, 0.5) is 10.1 Å². The Morgan fingerprint density at radius 3 is 2.62 bits per heavy atom. The van der Waals surface area contributed by atoms with Gasteiger partial charge in [-0.15, -0.1) is 0 Å². The Morgan fingerprint density at radius 2 is 2.00 bits per heavy atom. The van der Waals surface area contributed by atoms with E-state index in [9.17, 15) is 4.39 Å². The van der Waals surface area contributed by atoms with Gasteiger partial charge in [0, 0.05) is 18.3 Å². The molecule has 24 heavy (non-hydrogen) atoms. The molecule has 2 aliphatic rings. The minimum absolute atomic E-state index is 0.164. The van der Waals surface area contributed by atoms with E-state index in [0.29, 0.717) is 23.4 Å². The predicted molar refractivity (Wildman–Crippen MR) is 94.4 cm³/mol. The van der Waals surface area contributed by atoms with Gasteiger partial charge in [-0.25, -0.2) is 9.38 Å². The number of para-hydroxylation sites is 1. The topological polar surface area (TPSA) is 89.5 Å². The fourth-order valence-electron chi connectivity index (χ4n) is 3.32. The zero-order chi connectivity index (χ0) is 17.1. The van der Waals surface area contributed by atoms with Crippen LogP contribution in [0.5, 0.6) is 0 Å². The second kappa shape index (κ2) is 7.00. The van der Waals surface area contributed by atoms with Crippen molar-refractivity contribution in [2.45, 2.75) is 37.8 Å². The van der Waals surface area contributed by atoms with E-state index in [0.717, 1.165) is 25.7 Å². The third-order valence-corrected chi connectivity index (χ3v) is 4.69. The van der Waals surface area contributed by atoms with Gasteiger partial charge in [0.25, 0.3) is 0 Å². The van der Waals surface area contributed by atoms with Gasteiger partial charge in [-0.3, -0.25) is 10.3 Å². The first-order chi connectivity index (χ1) is 11.6. The Hall–Kier alpha value is -2.41. The molecule has 0 saturated heterocycles. The molecular formula is C17H23FN6. The van der Waals surface area contributed by atoms with Gasteiger partial charge in [0.05, 0.1) is 5.69 Å². The summed E-state index contributed by atoms with van der Waals surface area (Å²) >= 11 is 0. The fourth-order valence-corrected chi connectivity index (χ4v) is 3.32.